The Kier molecular flexibility index (Phi) is 5.95. The van der Waals surface area contributed by atoms with Crippen LogP contribution in [0.3, 0.4) is 0 Å². The van der Waals surface area contributed by atoms with Crippen LogP contribution >= 0.6 is 0 Å². The molecule has 1 amide bonds. The van der Waals surface area contributed by atoms with E-state index < -0.39 is 18.2 Å². The largest absolute Gasteiger partial charge is 0.471 e. The van der Waals surface area contributed by atoms with Gasteiger partial charge in [-0.2, -0.15) is 0 Å². The van der Waals surface area contributed by atoms with Crippen molar-refractivity contribution in [1.29, 1.82) is 0 Å². The summed E-state index contributed by atoms with van der Waals surface area (Å²) in [5.74, 6) is -0.389. The van der Waals surface area contributed by atoms with E-state index in [1.807, 2.05) is 72.8 Å². The van der Waals surface area contributed by atoms with Gasteiger partial charge in [0.2, 0.25) is 5.91 Å². The molecule has 0 radical (unpaired) electrons. The molecule has 0 aromatic heterocycles. The van der Waals surface area contributed by atoms with E-state index in [0.717, 1.165) is 11.1 Å². The quantitative estimate of drug-likeness (QED) is 0.566. The highest BCUT2D eigenvalue weighted by Crippen LogP contribution is 2.39. The van der Waals surface area contributed by atoms with Crippen molar-refractivity contribution in [2.24, 2.45) is 0 Å². The van der Waals surface area contributed by atoms with Crippen molar-refractivity contribution >= 4 is 18.0 Å². The number of aliphatic hydroxyl groups excluding tert-OH is 1. The summed E-state index contributed by atoms with van der Waals surface area (Å²) in [6.07, 6.45) is 4.00. The molecule has 6 nitrogen and oxygen atoms in total. The molecule has 2 heterocycles. The summed E-state index contributed by atoms with van der Waals surface area (Å²) in [4.78, 5) is 26.3. The van der Waals surface area contributed by atoms with Crippen molar-refractivity contribution in [3.05, 3.63) is 89.2 Å². The number of fused-ring (bicyclic) bond motifs is 1. The zero-order valence-electron chi connectivity index (χ0n) is 16.4. The first-order valence-corrected chi connectivity index (χ1v) is 9.90. The van der Waals surface area contributed by atoms with Crippen molar-refractivity contribution in [1.82, 2.24) is 4.90 Å². The fraction of sp³-hybridized carbons (Fsp3) is 0.250. The van der Waals surface area contributed by atoms with Gasteiger partial charge in [-0.15, -0.1) is 0 Å². The van der Waals surface area contributed by atoms with Crippen molar-refractivity contribution in [3.63, 3.8) is 0 Å². The zero-order valence-corrected chi connectivity index (χ0v) is 16.4. The number of hydrogen-bond donors (Lipinski definition) is 1. The summed E-state index contributed by atoms with van der Waals surface area (Å²) >= 11 is 0. The van der Waals surface area contributed by atoms with Gasteiger partial charge in [-0.25, -0.2) is 4.79 Å². The number of carbonyl (C=O) groups is 2. The lowest BCUT2D eigenvalue weighted by atomic mass is 10.0. The van der Waals surface area contributed by atoms with E-state index in [4.69, 9.17) is 9.47 Å². The van der Waals surface area contributed by atoms with Gasteiger partial charge in [-0.3, -0.25) is 9.69 Å². The van der Waals surface area contributed by atoms with Crippen LogP contribution in [0.15, 0.2) is 78.1 Å². The molecule has 2 aliphatic heterocycles. The minimum absolute atomic E-state index is 0.110. The van der Waals surface area contributed by atoms with Gasteiger partial charge in [-0.1, -0.05) is 72.8 Å². The van der Waals surface area contributed by atoms with E-state index in [-0.39, 0.29) is 25.5 Å². The minimum atomic E-state index is -0.952. The minimum Gasteiger partial charge on any atom is -0.471 e. The smallest absolute Gasteiger partial charge is 0.337 e. The summed E-state index contributed by atoms with van der Waals surface area (Å²) in [5.41, 5.74) is 2.45. The molecule has 0 bridgehead atoms. The molecule has 2 aliphatic rings. The van der Waals surface area contributed by atoms with Gasteiger partial charge in [0.15, 0.2) is 12.3 Å². The van der Waals surface area contributed by atoms with E-state index in [9.17, 15) is 14.7 Å². The molecule has 2 fully saturated rings. The third-order valence-corrected chi connectivity index (χ3v) is 5.20. The first-order valence-electron chi connectivity index (χ1n) is 9.90. The summed E-state index contributed by atoms with van der Waals surface area (Å²) < 4.78 is 11.3. The normalized spacial score (nSPS) is 21.8. The van der Waals surface area contributed by atoms with Crippen LogP contribution in [0, 0.1) is 0 Å². The SMILES string of the molecule is O=C(OCc1ccccc1)C1C(=C(CO)CC=Cc2ccccc2)O[C@@H]2CC(=O)N12. The Hall–Kier alpha value is -3.38. The summed E-state index contributed by atoms with van der Waals surface area (Å²) in [5, 5.41) is 9.92. The Labute approximate surface area is 175 Å². The zero-order chi connectivity index (χ0) is 20.9. The topological polar surface area (TPSA) is 76.1 Å². The van der Waals surface area contributed by atoms with Gasteiger partial charge < -0.3 is 14.6 Å². The summed E-state index contributed by atoms with van der Waals surface area (Å²) in [6, 6.07) is 18.2. The number of esters is 1. The first kappa shape index (κ1) is 19.9. The van der Waals surface area contributed by atoms with Crippen LogP contribution in [0.25, 0.3) is 6.08 Å². The second-order valence-electron chi connectivity index (χ2n) is 7.22. The lowest BCUT2D eigenvalue weighted by Crippen LogP contribution is -2.55. The number of ether oxygens (including phenoxy) is 2. The fourth-order valence-corrected chi connectivity index (χ4v) is 3.60. The third-order valence-electron chi connectivity index (χ3n) is 5.20. The Morgan fingerprint density at radius 1 is 1.13 bits per heavy atom. The molecule has 2 aromatic rings. The maximum Gasteiger partial charge on any atom is 0.337 e. The van der Waals surface area contributed by atoms with E-state index in [1.165, 1.54) is 4.90 Å². The van der Waals surface area contributed by atoms with E-state index in [1.54, 1.807) is 0 Å². The molecule has 30 heavy (non-hydrogen) atoms. The van der Waals surface area contributed by atoms with Gasteiger partial charge in [0.05, 0.1) is 13.0 Å². The lowest BCUT2D eigenvalue weighted by Gasteiger charge is -2.33. The van der Waals surface area contributed by atoms with Gasteiger partial charge in [-0.05, 0) is 23.1 Å². The van der Waals surface area contributed by atoms with Crippen molar-refractivity contribution in [2.75, 3.05) is 6.61 Å². The molecule has 0 aliphatic carbocycles. The van der Waals surface area contributed by atoms with Crippen LogP contribution in [-0.2, 0) is 25.7 Å². The maximum atomic E-state index is 12.9. The number of hydrogen-bond acceptors (Lipinski definition) is 5. The Morgan fingerprint density at radius 2 is 1.83 bits per heavy atom. The molecule has 0 spiro atoms. The number of amides is 1. The molecule has 1 unspecified atom stereocenters. The predicted molar refractivity (Wildman–Crippen MR) is 111 cm³/mol. The molecule has 0 saturated carbocycles. The Balaban J connectivity index is 1.52. The Bertz CT molecular complexity index is 968. The number of rotatable bonds is 7. The summed E-state index contributed by atoms with van der Waals surface area (Å²) in [6.45, 7) is -0.163. The van der Waals surface area contributed by atoms with Crippen LogP contribution in [-0.4, -0.2) is 40.8 Å². The van der Waals surface area contributed by atoms with Gasteiger partial charge in [0, 0.05) is 0 Å². The molecule has 6 heteroatoms. The van der Waals surface area contributed by atoms with Gasteiger partial charge in [0.1, 0.15) is 12.4 Å². The maximum absolute atomic E-state index is 12.9. The molecule has 2 saturated heterocycles. The highest BCUT2D eigenvalue weighted by Gasteiger charge is 2.55. The number of allylic oxidation sites excluding steroid dienone is 1. The second kappa shape index (κ2) is 8.97. The van der Waals surface area contributed by atoms with E-state index in [2.05, 4.69) is 0 Å². The average Bonchev–Trinajstić information content (AvgIpc) is 3.09. The molecule has 2 atom stereocenters. The number of β-lactam (4-membered cyclic amide) rings is 1. The third kappa shape index (κ3) is 4.14. The Morgan fingerprint density at radius 3 is 2.50 bits per heavy atom. The number of aliphatic hydroxyl groups is 1. The number of benzene rings is 2. The fourth-order valence-electron chi connectivity index (χ4n) is 3.60. The van der Waals surface area contributed by atoms with E-state index >= 15 is 0 Å². The van der Waals surface area contributed by atoms with Gasteiger partial charge >= 0.3 is 5.97 Å². The number of carbonyl (C=O) groups excluding carboxylic acids is 2. The van der Waals surface area contributed by atoms with Crippen LogP contribution in [0.2, 0.25) is 0 Å². The molecular formula is C24H23NO5. The highest BCUT2D eigenvalue weighted by atomic mass is 16.6. The molecule has 4 rings (SSSR count). The molecule has 1 N–H and O–H groups in total. The van der Waals surface area contributed by atoms with E-state index in [0.29, 0.717) is 17.8 Å². The average molecular weight is 405 g/mol. The van der Waals surface area contributed by atoms with Crippen molar-refractivity contribution < 1.29 is 24.2 Å². The molecular weight excluding hydrogens is 382 g/mol. The molecule has 154 valence electrons. The first-order chi connectivity index (χ1) is 14.7. The van der Waals surface area contributed by atoms with Crippen LogP contribution in [0.5, 0.6) is 0 Å². The lowest BCUT2D eigenvalue weighted by molar-refractivity contribution is -0.166. The van der Waals surface area contributed by atoms with Crippen LogP contribution in [0.1, 0.15) is 24.0 Å². The predicted octanol–water partition coefficient (Wildman–Crippen LogP) is 3.04. The van der Waals surface area contributed by atoms with Crippen LogP contribution in [0.4, 0.5) is 0 Å². The standard InChI is InChI=1S/C24H23NO5/c26-15-19(13-7-12-17-8-3-1-4-9-17)23-22(25-20(27)14-21(25)30-23)24(28)29-16-18-10-5-2-6-11-18/h1-12,21-22,26H,13-16H2/t21-,22?/m1/s1. The summed E-state index contributed by atoms with van der Waals surface area (Å²) in [7, 11) is 0. The number of nitrogens with zero attached hydrogens (tertiary/aromatic N) is 1. The molecule has 2 aromatic carbocycles. The van der Waals surface area contributed by atoms with Crippen LogP contribution < -0.4 is 0 Å². The highest BCUT2D eigenvalue weighted by molar-refractivity contribution is 5.92. The van der Waals surface area contributed by atoms with Gasteiger partial charge in [0.25, 0.3) is 0 Å². The monoisotopic (exact) mass is 405 g/mol. The van der Waals surface area contributed by atoms with Crippen molar-refractivity contribution in [3.8, 4) is 0 Å². The van der Waals surface area contributed by atoms with Crippen molar-refractivity contribution in [2.45, 2.75) is 31.7 Å². The second-order valence-corrected chi connectivity index (χ2v) is 7.22.